The Morgan fingerprint density at radius 3 is 2.54 bits per heavy atom. The molecule has 2 amide bonds. The second-order valence-corrected chi connectivity index (χ2v) is 9.14. The van der Waals surface area contributed by atoms with Crippen LogP contribution in [0.15, 0.2) is 83.0 Å². The Bertz CT molecular complexity index is 1460. The molecule has 0 fully saturated rings. The molecule has 37 heavy (non-hydrogen) atoms. The third-order valence-corrected chi connectivity index (χ3v) is 6.89. The lowest BCUT2D eigenvalue weighted by Crippen LogP contribution is -2.45. The lowest BCUT2D eigenvalue weighted by Gasteiger charge is -2.35. The first-order valence-electron chi connectivity index (χ1n) is 12.4. The third kappa shape index (κ3) is 4.85. The van der Waals surface area contributed by atoms with Crippen LogP contribution in [-0.2, 0) is 13.0 Å². The van der Waals surface area contributed by atoms with Crippen LogP contribution in [0.4, 0.5) is 4.79 Å². The van der Waals surface area contributed by atoms with E-state index in [1.807, 2.05) is 74.5 Å². The fourth-order valence-electron chi connectivity index (χ4n) is 4.61. The van der Waals surface area contributed by atoms with Gasteiger partial charge in [0.25, 0.3) is 5.89 Å². The molecule has 1 aliphatic rings. The van der Waals surface area contributed by atoms with Crippen LogP contribution in [0.1, 0.15) is 48.0 Å². The number of aryl methyl sites for hydroxylation is 2. The molecule has 1 unspecified atom stereocenters. The largest absolute Gasteiger partial charge is 0.497 e. The topological polar surface area (TPSA) is 80.5 Å². The van der Waals surface area contributed by atoms with Crippen molar-refractivity contribution in [2.75, 3.05) is 7.11 Å². The van der Waals surface area contributed by atoms with E-state index in [9.17, 15) is 4.79 Å². The predicted molar refractivity (Wildman–Crippen MR) is 143 cm³/mol. The van der Waals surface area contributed by atoms with Gasteiger partial charge in [0.2, 0.25) is 5.82 Å². The second kappa shape index (κ2) is 10.3. The highest BCUT2D eigenvalue weighted by Crippen LogP contribution is 2.38. The number of nitrogens with zero attached hydrogens (tertiary/aromatic N) is 3. The second-order valence-electron chi connectivity index (χ2n) is 9.14. The number of hydrogen-bond acceptors (Lipinski definition) is 5. The zero-order chi connectivity index (χ0) is 25.9. The third-order valence-electron chi connectivity index (χ3n) is 6.89. The van der Waals surface area contributed by atoms with E-state index >= 15 is 0 Å². The van der Waals surface area contributed by atoms with Crippen molar-refractivity contribution >= 4 is 11.6 Å². The van der Waals surface area contributed by atoms with E-state index in [0.29, 0.717) is 24.0 Å². The van der Waals surface area contributed by atoms with E-state index in [4.69, 9.17) is 14.2 Å². The molecule has 0 bridgehead atoms. The molecular formula is C30H30N4O3. The number of rotatable bonds is 7. The van der Waals surface area contributed by atoms with Gasteiger partial charge < -0.3 is 14.6 Å². The van der Waals surface area contributed by atoms with E-state index < -0.39 is 6.04 Å². The SMILES string of the molecule is CCc1ccc(C2NC(=O)N(Cc3ccccc3C)C(C)=C2c2nc(-c3cccc(OC)c3)no2)cc1. The lowest BCUT2D eigenvalue weighted by molar-refractivity contribution is 0.203. The molecule has 1 aliphatic heterocycles. The number of allylic oxidation sites excluding steroid dienone is 1. The molecule has 0 radical (unpaired) electrons. The van der Waals surface area contributed by atoms with E-state index in [-0.39, 0.29) is 6.03 Å². The summed E-state index contributed by atoms with van der Waals surface area (Å²) in [7, 11) is 1.62. The molecule has 1 aromatic heterocycles. The number of aromatic nitrogens is 2. The first-order valence-corrected chi connectivity index (χ1v) is 12.4. The van der Waals surface area contributed by atoms with Crippen molar-refractivity contribution in [3.05, 3.63) is 107 Å². The molecule has 1 atom stereocenters. The summed E-state index contributed by atoms with van der Waals surface area (Å²) in [5.74, 6) is 1.54. The predicted octanol–water partition coefficient (Wildman–Crippen LogP) is 6.31. The van der Waals surface area contributed by atoms with E-state index in [2.05, 4.69) is 29.5 Å². The maximum absolute atomic E-state index is 13.4. The van der Waals surface area contributed by atoms with Crippen molar-refractivity contribution in [2.45, 2.75) is 39.8 Å². The average Bonchev–Trinajstić information content (AvgIpc) is 3.41. The zero-order valence-electron chi connectivity index (χ0n) is 21.5. The molecule has 5 rings (SSSR count). The summed E-state index contributed by atoms with van der Waals surface area (Å²) in [6.07, 6.45) is 0.941. The summed E-state index contributed by atoms with van der Waals surface area (Å²) in [6.45, 7) is 6.55. The van der Waals surface area contributed by atoms with E-state index in [0.717, 1.165) is 39.9 Å². The highest BCUT2D eigenvalue weighted by atomic mass is 16.5. The van der Waals surface area contributed by atoms with Crippen LogP contribution in [-0.4, -0.2) is 28.2 Å². The van der Waals surface area contributed by atoms with Crippen LogP contribution < -0.4 is 10.1 Å². The first-order chi connectivity index (χ1) is 18.0. The van der Waals surface area contributed by atoms with Crippen LogP contribution in [0.3, 0.4) is 0 Å². The van der Waals surface area contributed by atoms with E-state index in [1.54, 1.807) is 12.0 Å². The number of ether oxygens (including phenoxy) is 1. The summed E-state index contributed by atoms with van der Waals surface area (Å²) in [5, 5.41) is 7.45. The highest BCUT2D eigenvalue weighted by Gasteiger charge is 2.36. The Morgan fingerprint density at radius 1 is 1.03 bits per heavy atom. The molecule has 2 heterocycles. The quantitative estimate of drug-likeness (QED) is 0.325. The number of hydrogen-bond donors (Lipinski definition) is 1. The van der Waals surface area contributed by atoms with Crippen LogP contribution in [0.25, 0.3) is 17.0 Å². The minimum atomic E-state index is -0.426. The van der Waals surface area contributed by atoms with Crippen molar-refractivity contribution in [1.82, 2.24) is 20.4 Å². The van der Waals surface area contributed by atoms with Gasteiger partial charge in [-0.05, 0) is 54.7 Å². The maximum atomic E-state index is 13.4. The van der Waals surface area contributed by atoms with Gasteiger partial charge in [0.1, 0.15) is 5.75 Å². The fourth-order valence-corrected chi connectivity index (χ4v) is 4.61. The van der Waals surface area contributed by atoms with Crippen LogP contribution in [0, 0.1) is 6.92 Å². The number of benzene rings is 3. The van der Waals surface area contributed by atoms with Crippen molar-refractivity contribution in [2.24, 2.45) is 0 Å². The molecule has 7 heteroatoms. The molecule has 1 N–H and O–H groups in total. The van der Waals surface area contributed by atoms with Gasteiger partial charge in [0.15, 0.2) is 0 Å². The summed E-state index contributed by atoms with van der Waals surface area (Å²) >= 11 is 0. The smallest absolute Gasteiger partial charge is 0.322 e. The minimum absolute atomic E-state index is 0.165. The van der Waals surface area contributed by atoms with Crippen LogP contribution >= 0.6 is 0 Å². The molecule has 0 saturated heterocycles. The van der Waals surface area contributed by atoms with Gasteiger partial charge in [-0.3, -0.25) is 4.90 Å². The molecule has 4 aromatic rings. The number of nitrogens with one attached hydrogen (secondary N) is 1. The normalized spacial score (nSPS) is 15.6. The van der Waals surface area contributed by atoms with Crippen molar-refractivity contribution in [3.8, 4) is 17.1 Å². The van der Waals surface area contributed by atoms with Crippen LogP contribution in [0.5, 0.6) is 5.75 Å². The lowest BCUT2D eigenvalue weighted by atomic mass is 9.93. The number of amides is 2. The molecule has 0 spiro atoms. The minimum Gasteiger partial charge on any atom is -0.497 e. The van der Waals surface area contributed by atoms with Gasteiger partial charge >= 0.3 is 6.03 Å². The Kier molecular flexibility index (Phi) is 6.77. The molecule has 3 aromatic carbocycles. The van der Waals surface area contributed by atoms with Gasteiger partial charge in [0, 0.05) is 11.3 Å². The number of methoxy groups -OCH3 is 1. The van der Waals surface area contributed by atoms with Gasteiger partial charge in [-0.25, -0.2) is 4.79 Å². The van der Waals surface area contributed by atoms with Gasteiger partial charge in [-0.2, -0.15) is 4.98 Å². The molecule has 0 saturated carbocycles. The molecule has 0 aliphatic carbocycles. The summed E-state index contributed by atoms with van der Waals surface area (Å²) in [4.78, 5) is 19.9. The monoisotopic (exact) mass is 494 g/mol. The number of carbonyl (C=O) groups excluding carboxylic acids is 1. The molecule has 188 valence electrons. The first kappa shape index (κ1) is 24.3. The standard InChI is InChI=1S/C30H30N4O3/c1-5-21-13-15-22(16-14-21)27-26(29-32-28(33-37-29)23-11-8-12-25(17-23)36-4)20(3)34(30(35)31-27)18-24-10-7-6-9-19(24)2/h6-17,27H,5,18H2,1-4H3,(H,31,35). The van der Waals surface area contributed by atoms with Crippen molar-refractivity contribution < 1.29 is 14.1 Å². The van der Waals surface area contributed by atoms with Crippen LogP contribution in [0.2, 0.25) is 0 Å². The molecule has 7 nitrogen and oxygen atoms in total. The summed E-state index contributed by atoms with van der Waals surface area (Å²) in [5.41, 5.74) is 6.72. The van der Waals surface area contributed by atoms with Gasteiger partial charge in [-0.15, -0.1) is 0 Å². The highest BCUT2D eigenvalue weighted by molar-refractivity contribution is 5.87. The van der Waals surface area contributed by atoms with Crippen molar-refractivity contribution in [1.29, 1.82) is 0 Å². The maximum Gasteiger partial charge on any atom is 0.322 e. The number of urea groups is 1. The van der Waals surface area contributed by atoms with Crippen molar-refractivity contribution in [3.63, 3.8) is 0 Å². The summed E-state index contributed by atoms with van der Waals surface area (Å²) < 4.78 is 11.2. The van der Waals surface area contributed by atoms with Gasteiger partial charge in [0.05, 0.1) is 25.3 Å². The van der Waals surface area contributed by atoms with Gasteiger partial charge in [-0.1, -0.05) is 72.7 Å². The average molecular weight is 495 g/mol. The Hall–Kier alpha value is -4.39. The van der Waals surface area contributed by atoms with E-state index in [1.165, 1.54) is 5.56 Å². The zero-order valence-corrected chi connectivity index (χ0v) is 21.5. The Morgan fingerprint density at radius 2 is 1.81 bits per heavy atom. The fraction of sp³-hybridized carbons (Fsp3) is 0.233. The Labute approximate surface area is 216 Å². The summed E-state index contributed by atoms with van der Waals surface area (Å²) in [6, 6.07) is 23.3. The Balaban J connectivity index is 1.60. The molecular weight excluding hydrogens is 464 g/mol. The number of carbonyl (C=O) groups is 1.